The van der Waals surface area contributed by atoms with E-state index in [9.17, 15) is 4.79 Å². The van der Waals surface area contributed by atoms with Crippen molar-refractivity contribution in [1.29, 1.82) is 0 Å². The summed E-state index contributed by atoms with van der Waals surface area (Å²) in [5.74, 6) is -0.161. The van der Waals surface area contributed by atoms with Gasteiger partial charge in [-0.25, -0.2) is 0 Å². The Morgan fingerprint density at radius 1 is 1.33 bits per heavy atom. The van der Waals surface area contributed by atoms with E-state index in [0.717, 1.165) is 25.8 Å². The van der Waals surface area contributed by atoms with Crippen molar-refractivity contribution in [2.75, 3.05) is 19.6 Å². The third kappa shape index (κ3) is 2.86. The van der Waals surface area contributed by atoms with E-state index in [-0.39, 0.29) is 5.91 Å². The molecule has 2 aliphatic rings. The average Bonchev–Trinajstić information content (AvgIpc) is 2.40. The van der Waals surface area contributed by atoms with E-state index in [4.69, 9.17) is 5.73 Å². The zero-order valence-corrected chi connectivity index (χ0v) is 11.6. The Morgan fingerprint density at radius 2 is 2.06 bits per heavy atom. The molecule has 0 spiro atoms. The summed E-state index contributed by atoms with van der Waals surface area (Å²) in [6.45, 7) is 5.27. The Hall–Kier alpha value is -0.610. The maximum atomic E-state index is 11.8. The summed E-state index contributed by atoms with van der Waals surface area (Å²) in [5.41, 5.74) is 5.21. The van der Waals surface area contributed by atoms with Crippen molar-refractivity contribution in [2.24, 2.45) is 5.73 Å². The third-order valence-corrected chi connectivity index (χ3v) is 4.62. The number of rotatable bonds is 4. The van der Waals surface area contributed by atoms with Gasteiger partial charge in [-0.05, 0) is 58.2 Å². The van der Waals surface area contributed by atoms with E-state index in [1.165, 1.54) is 38.8 Å². The molecule has 4 nitrogen and oxygen atoms in total. The summed E-state index contributed by atoms with van der Waals surface area (Å²) in [6, 6.07) is 0.547. The number of nitrogens with zero attached hydrogens (tertiary/aromatic N) is 1. The first-order valence-electron chi connectivity index (χ1n) is 7.47. The number of amides is 1. The molecule has 1 saturated carbocycles. The van der Waals surface area contributed by atoms with Gasteiger partial charge in [0, 0.05) is 6.04 Å². The lowest BCUT2D eigenvalue weighted by molar-refractivity contribution is -0.126. The van der Waals surface area contributed by atoms with Crippen LogP contribution in [0.2, 0.25) is 0 Å². The zero-order chi connectivity index (χ0) is 13.0. The molecular weight excluding hydrogens is 226 g/mol. The van der Waals surface area contributed by atoms with Crippen LogP contribution in [-0.4, -0.2) is 42.0 Å². The highest BCUT2D eigenvalue weighted by atomic mass is 16.1. The predicted molar refractivity (Wildman–Crippen MR) is 73.3 cm³/mol. The van der Waals surface area contributed by atoms with Crippen molar-refractivity contribution in [3.63, 3.8) is 0 Å². The molecule has 1 aliphatic heterocycles. The number of nitrogens with two attached hydrogens (primary N) is 1. The normalized spacial score (nSPS) is 34.4. The van der Waals surface area contributed by atoms with E-state index in [1.54, 1.807) is 0 Å². The molecule has 18 heavy (non-hydrogen) atoms. The lowest BCUT2D eigenvalue weighted by atomic mass is 9.77. The van der Waals surface area contributed by atoms with Crippen LogP contribution >= 0.6 is 0 Å². The second kappa shape index (κ2) is 6.02. The van der Waals surface area contributed by atoms with Crippen molar-refractivity contribution >= 4 is 5.91 Å². The summed E-state index contributed by atoms with van der Waals surface area (Å²) in [5, 5.41) is 3.37. The largest absolute Gasteiger partial charge is 0.368 e. The van der Waals surface area contributed by atoms with Crippen LogP contribution in [0.1, 0.15) is 51.9 Å². The minimum atomic E-state index is -0.449. The van der Waals surface area contributed by atoms with Crippen LogP contribution in [0.3, 0.4) is 0 Å². The quantitative estimate of drug-likeness (QED) is 0.793. The molecule has 0 aromatic rings. The van der Waals surface area contributed by atoms with Gasteiger partial charge in [-0.3, -0.25) is 4.79 Å². The van der Waals surface area contributed by atoms with E-state index >= 15 is 0 Å². The Bertz CT molecular complexity index is 285. The molecule has 3 N–H and O–H groups in total. The first-order valence-corrected chi connectivity index (χ1v) is 7.47. The van der Waals surface area contributed by atoms with Gasteiger partial charge in [0.05, 0.1) is 5.54 Å². The molecule has 104 valence electrons. The number of nitrogens with one attached hydrogen (secondary N) is 1. The van der Waals surface area contributed by atoms with Gasteiger partial charge < -0.3 is 16.0 Å². The standard InChI is InChI=1S/C14H27N3O/c1-2-16-14(13(15)18)8-6-7-12(11-14)17-9-4-3-5-10-17/h12,16H,2-11H2,1H3,(H2,15,18). The van der Waals surface area contributed by atoms with Gasteiger partial charge in [-0.1, -0.05) is 13.3 Å². The molecule has 2 rings (SSSR count). The van der Waals surface area contributed by atoms with Crippen molar-refractivity contribution < 1.29 is 4.79 Å². The Kier molecular flexibility index (Phi) is 4.62. The fourth-order valence-electron chi connectivity index (χ4n) is 3.65. The number of carbonyl (C=O) groups excluding carboxylic acids is 1. The van der Waals surface area contributed by atoms with Crippen molar-refractivity contribution in [1.82, 2.24) is 10.2 Å². The lowest BCUT2D eigenvalue weighted by Crippen LogP contribution is -2.61. The highest BCUT2D eigenvalue weighted by molar-refractivity contribution is 5.84. The molecule has 4 heteroatoms. The zero-order valence-electron chi connectivity index (χ0n) is 11.6. The van der Waals surface area contributed by atoms with Crippen molar-refractivity contribution in [3.8, 4) is 0 Å². The molecule has 1 saturated heterocycles. The average molecular weight is 253 g/mol. The van der Waals surface area contributed by atoms with Crippen LogP contribution in [0, 0.1) is 0 Å². The number of likely N-dealkylation sites (tertiary alicyclic amines) is 1. The van der Waals surface area contributed by atoms with Crippen LogP contribution in [0.15, 0.2) is 0 Å². The van der Waals surface area contributed by atoms with Gasteiger partial charge in [0.25, 0.3) is 0 Å². The molecular formula is C14H27N3O. The summed E-state index contributed by atoms with van der Waals surface area (Å²) >= 11 is 0. The molecule has 0 aromatic heterocycles. The second-order valence-electron chi connectivity index (χ2n) is 5.82. The number of piperidine rings is 1. The summed E-state index contributed by atoms with van der Waals surface area (Å²) < 4.78 is 0. The van der Waals surface area contributed by atoms with Gasteiger partial charge in [0.1, 0.15) is 0 Å². The third-order valence-electron chi connectivity index (χ3n) is 4.62. The molecule has 1 heterocycles. The summed E-state index contributed by atoms with van der Waals surface area (Å²) in [6.07, 6.45) is 8.11. The molecule has 1 aliphatic carbocycles. The number of likely N-dealkylation sites (N-methyl/N-ethyl adjacent to an activating group) is 1. The van der Waals surface area contributed by atoms with Crippen LogP contribution in [0.4, 0.5) is 0 Å². The highest BCUT2D eigenvalue weighted by Gasteiger charge is 2.42. The number of hydrogen-bond donors (Lipinski definition) is 2. The maximum Gasteiger partial charge on any atom is 0.237 e. The minimum Gasteiger partial charge on any atom is -0.368 e. The second-order valence-corrected chi connectivity index (χ2v) is 5.82. The highest BCUT2D eigenvalue weighted by Crippen LogP contribution is 2.32. The minimum absolute atomic E-state index is 0.161. The van der Waals surface area contributed by atoms with E-state index in [2.05, 4.69) is 17.1 Å². The predicted octanol–water partition coefficient (Wildman–Crippen LogP) is 1.25. The van der Waals surface area contributed by atoms with Gasteiger partial charge in [-0.2, -0.15) is 0 Å². The van der Waals surface area contributed by atoms with Crippen LogP contribution in [-0.2, 0) is 4.79 Å². The molecule has 1 amide bonds. The molecule has 2 atom stereocenters. The van der Waals surface area contributed by atoms with Gasteiger partial charge in [0.2, 0.25) is 5.91 Å². The topological polar surface area (TPSA) is 58.4 Å². The van der Waals surface area contributed by atoms with Crippen molar-refractivity contribution in [2.45, 2.75) is 63.5 Å². The van der Waals surface area contributed by atoms with E-state index < -0.39 is 5.54 Å². The Labute approximate surface area is 110 Å². The fraction of sp³-hybridized carbons (Fsp3) is 0.929. The van der Waals surface area contributed by atoms with Gasteiger partial charge >= 0.3 is 0 Å². The Morgan fingerprint density at radius 3 is 2.67 bits per heavy atom. The summed E-state index contributed by atoms with van der Waals surface area (Å²) in [4.78, 5) is 14.4. The number of carbonyl (C=O) groups is 1. The smallest absolute Gasteiger partial charge is 0.237 e. The SMILES string of the molecule is CCNC1(C(N)=O)CCCC(N2CCCCC2)C1. The van der Waals surface area contributed by atoms with Crippen LogP contribution in [0.5, 0.6) is 0 Å². The summed E-state index contributed by atoms with van der Waals surface area (Å²) in [7, 11) is 0. The maximum absolute atomic E-state index is 11.8. The van der Waals surface area contributed by atoms with Crippen LogP contribution in [0.25, 0.3) is 0 Å². The monoisotopic (exact) mass is 253 g/mol. The molecule has 0 aromatic carbocycles. The molecule has 0 radical (unpaired) electrons. The first-order chi connectivity index (χ1) is 8.68. The van der Waals surface area contributed by atoms with Crippen LogP contribution < -0.4 is 11.1 Å². The molecule has 2 unspecified atom stereocenters. The molecule has 2 fully saturated rings. The lowest BCUT2D eigenvalue weighted by Gasteiger charge is -2.44. The number of primary amides is 1. The first kappa shape index (κ1) is 13.8. The van der Waals surface area contributed by atoms with Gasteiger partial charge in [-0.15, -0.1) is 0 Å². The molecule has 0 bridgehead atoms. The Balaban J connectivity index is 2.03. The fourth-order valence-corrected chi connectivity index (χ4v) is 3.65. The van der Waals surface area contributed by atoms with E-state index in [1.807, 2.05) is 0 Å². The van der Waals surface area contributed by atoms with Crippen molar-refractivity contribution in [3.05, 3.63) is 0 Å². The van der Waals surface area contributed by atoms with E-state index in [0.29, 0.717) is 6.04 Å². The van der Waals surface area contributed by atoms with Gasteiger partial charge in [0.15, 0.2) is 0 Å². The number of hydrogen-bond acceptors (Lipinski definition) is 3.